The fourth-order valence-electron chi connectivity index (χ4n) is 3.65. The smallest absolute Gasteiger partial charge is 0.261 e. The second-order valence-corrected chi connectivity index (χ2v) is 9.61. The van der Waals surface area contributed by atoms with E-state index in [0.29, 0.717) is 24.3 Å². The fraction of sp³-hybridized carbons (Fsp3) is 0.250. The lowest BCUT2D eigenvalue weighted by Crippen LogP contribution is -2.48. The third-order valence-electron chi connectivity index (χ3n) is 5.50. The largest absolute Gasteiger partial charge is 0.336 e. The van der Waals surface area contributed by atoms with Crippen LogP contribution in [0.1, 0.15) is 21.5 Å². The highest BCUT2D eigenvalue weighted by atomic mass is 32.2. The van der Waals surface area contributed by atoms with Crippen LogP contribution >= 0.6 is 0 Å². The molecule has 1 N–H and O–H groups in total. The molecule has 1 aliphatic rings. The molecule has 0 saturated carbocycles. The number of benzene rings is 2. The lowest BCUT2D eigenvalue weighted by molar-refractivity contribution is 0.0628. The molecule has 0 radical (unpaired) electrons. The molecule has 4 rings (SSSR count). The van der Waals surface area contributed by atoms with Crippen molar-refractivity contribution in [1.29, 1.82) is 0 Å². The number of anilines is 1. The van der Waals surface area contributed by atoms with Crippen LogP contribution in [0, 0.1) is 6.92 Å². The van der Waals surface area contributed by atoms with Gasteiger partial charge in [-0.3, -0.25) is 19.4 Å². The van der Waals surface area contributed by atoms with Crippen LogP contribution in [0.4, 0.5) is 5.69 Å². The number of carbonyl (C=O) groups is 1. The van der Waals surface area contributed by atoms with E-state index in [9.17, 15) is 13.2 Å². The van der Waals surface area contributed by atoms with Gasteiger partial charge in [-0.25, -0.2) is 8.42 Å². The fourth-order valence-corrected chi connectivity index (χ4v) is 4.71. The van der Waals surface area contributed by atoms with E-state index in [1.807, 2.05) is 42.3 Å². The predicted molar refractivity (Wildman–Crippen MR) is 124 cm³/mol. The van der Waals surface area contributed by atoms with Gasteiger partial charge in [0.05, 0.1) is 4.90 Å². The molecular formula is C24H26N4O3S. The Balaban J connectivity index is 1.35. The van der Waals surface area contributed by atoms with Gasteiger partial charge in [0.25, 0.3) is 15.9 Å². The Morgan fingerprint density at radius 2 is 1.66 bits per heavy atom. The highest BCUT2D eigenvalue weighted by Crippen LogP contribution is 2.18. The molecule has 32 heavy (non-hydrogen) atoms. The Morgan fingerprint density at radius 1 is 0.969 bits per heavy atom. The van der Waals surface area contributed by atoms with Gasteiger partial charge in [-0.15, -0.1) is 0 Å². The number of sulfonamides is 1. The number of aromatic nitrogens is 1. The maximum Gasteiger partial charge on any atom is 0.261 e. The van der Waals surface area contributed by atoms with Gasteiger partial charge in [0, 0.05) is 56.4 Å². The van der Waals surface area contributed by atoms with E-state index >= 15 is 0 Å². The second-order valence-electron chi connectivity index (χ2n) is 7.93. The highest BCUT2D eigenvalue weighted by molar-refractivity contribution is 7.92. The zero-order chi connectivity index (χ0) is 22.6. The van der Waals surface area contributed by atoms with Crippen LogP contribution in [0.3, 0.4) is 0 Å². The molecule has 1 saturated heterocycles. The molecule has 0 atom stereocenters. The first kappa shape index (κ1) is 22.0. The Hall–Kier alpha value is -3.23. The van der Waals surface area contributed by atoms with Crippen LogP contribution in [-0.2, 0) is 16.6 Å². The average Bonchev–Trinajstić information content (AvgIpc) is 2.81. The normalized spacial score (nSPS) is 14.8. The Kier molecular flexibility index (Phi) is 6.53. The first-order valence-electron chi connectivity index (χ1n) is 10.5. The first-order valence-corrected chi connectivity index (χ1v) is 12.0. The Labute approximate surface area is 188 Å². The Morgan fingerprint density at radius 3 is 2.28 bits per heavy atom. The molecule has 1 fully saturated rings. The van der Waals surface area contributed by atoms with Crippen molar-refractivity contribution in [1.82, 2.24) is 14.8 Å². The topological polar surface area (TPSA) is 82.6 Å². The van der Waals surface area contributed by atoms with Gasteiger partial charge in [0.15, 0.2) is 0 Å². The standard InChI is InChI=1S/C24H26N4O3S/c1-19-4-8-22(9-5-19)26-32(30,31)23-10-6-21(7-11-23)24(29)28-15-13-27(14-16-28)18-20-3-2-12-25-17-20/h2-12,17,26H,13-16,18H2,1H3. The van der Waals surface area contributed by atoms with Gasteiger partial charge in [-0.2, -0.15) is 0 Å². The molecule has 1 aromatic heterocycles. The summed E-state index contributed by atoms with van der Waals surface area (Å²) < 4.78 is 27.8. The number of aryl methyl sites for hydroxylation is 1. The third-order valence-corrected chi connectivity index (χ3v) is 6.90. The maximum atomic E-state index is 12.9. The summed E-state index contributed by atoms with van der Waals surface area (Å²) in [6.07, 6.45) is 3.62. The highest BCUT2D eigenvalue weighted by Gasteiger charge is 2.23. The molecule has 0 spiro atoms. The number of pyridine rings is 1. The van der Waals surface area contributed by atoms with Crippen molar-refractivity contribution in [2.45, 2.75) is 18.4 Å². The SMILES string of the molecule is Cc1ccc(NS(=O)(=O)c2ccc(C(=O)N3CCN(Cc4cccnc4)CC3)cc2)cc1. The van der Waals surface area contributed by atoms with Crippen LogP contribution in [0.5, 0.6) is 0 Å². The van der Waals surface area contributed by atoms with Gasteiger partial charge in [-0.05, 0) is 55.0 Å². The van der Waals surface area contributed by atoms with E-state index in [-0.39, 0.29) is 10.8 Å². The number of hydrogen-bond acceptors (Lipinski definition) is 5. The molecule has 7 nitrogen and oxygen atoms in total. The van der Waals surface area contributed by atoms with E-state index in [4.69, 9.17) is 0 Å². The summed E-state index contributed by atoms with van der Waals surface area (Å²) in [7, 11) is -3.72. The van der Waals surface area contributed by atoms with Gasteiger partial charge in [0.2, 0.25) is 0 Å². The van der Waals surface area contributed by atoms with Crippen molar-refractivity contribution >= 4 is 21.6 Å². The Bertz CT molecular complexity index is 1160. The van der Waals surface area contributed by atoms with E-state index in [1.54, 1.807) is 30.5 Å². The summed E-state index contributed by atoms with van der Waals surface area (Å²) in [4.78, 5) is 21.3. The molecule has 0 aliphatic carbocycles. The van der Waals surface area contributed by atoms with E-state index < -0.39 is 10.0 Å². The number of hydrogen-bond donors (Lipinski definition) is 1. The summed E-state index contributed by atoms with van der Waals surface area (Å²) in [6, 6.07) is 17.2. The average molecular weight is 451 g/mol. The number of nitrogens with zero attached hydrogens (tertiary/aromatic N) is 3. The molecule has 0 unspecified atom stereocenters. The third kappa shape index (κ3) is 5.33. The number of amides is 1. The van der Waals surface area contributed by atoms with Gasteiger partial charge in [-0.1, -0.05) is 23.8 Å². The number of carbonyl (C=O) groups excluding carboxylic acids is 1. The van der Waals surface area contributed by atoms with E-state index in [1.165, 1.54) is 12.1 Å². The molecule has 1 aliphatic heterocycles. The van der Waals surface area contributed by atoms with Gasteiger partial charge < -0.3 is 4.90 Å². The lowest BCUT2D eigenvalue weighted by Gasteiger charge is -2.34. The maximum absolute atomic E-state index is 12.9. The second kappa shape index (κ2) is 9.50. The van der Waals surface area contributed by atoms with Crippen LogP contribution < -0.4 is 4.72 Å². The first-order chi connectivity index (χ1) is 15.4. The summed E-state index contributed by atoms with van der Waals surface area (Å²) in [6.45, 7) is 5.59. The summed E-state index contributed by atoms with van der Waals surface area (Å²) >= 11 is 0. The van der Waals surface area contributed by atoms with Gasteiger partial charge in [0.1, 0.15) is 0 Å². The molecule has 166 valence electrons. The van der Waals surface area contributed by atoms with Gasteiger partial charge >= 0.3 is 0 Å². The molecule has 3 aromatic rings. The molecule has 2 aromatic carbocycles. The lowest BCUT2D eigenvalue weighted by atomic mass is 10.1. The van der Waals surface area contributed by atoms with Crippen LogP contribution in [0.2, 0.25) is 0 Å². The van der Waals surface area contributed by atoms with Crippen molar-refractivity contribution in [2.24, 2.45) is 0 Å². The van der Waals surface area contributed by atoms with Crippen LogP contribution in [0.25, 0.3) is 0 Å². The predicted octanol–water partition coefficient (Wildman–Crippen LogP) is 3.15. The van der Waals surface area contributed by atoms with Crippen molar-refractivity contribution in [3.63, 3.8) is 0 Å². The van der Waals surface area contributed by atoms with Crippen molar-refractivity contribution < 1.29 is 13.2 Å². The molecule has 1 amide bonds. The van der Waals surface area contributed by atoms with Crippen molar-refractivity contribution in [3.05, 3.63) is 89.7 Å². The molecule has 8 heteroatoms. The summed E-state index contributed by atoms with van der Waals surface area (Å²) in [5.74, 6) is -0.0820. The molecular weight excluding hydrogens is 424 g/mol. The number of piperazine rings is 1. The van der Waals surface area contributed by atoms with Crippen LogP contribution in [-0.4, -0.2) is 55.3 Å². The zero-order valence-electron chi connectivity index (χ0n) is 17.9. The minimum Gasteiger partial charge on any atom is -0.336 e. The van der Waals surface area contributed by atoms with E-state index in [2.05, 4.69) is 14.6 Å². The monoisotopic (exact) mass is 450 g/mol. The number of nitrogens with one attached hydrogen (secondary N) is 1. The van der Waals surface area contributed by atoms with Crippen molar-refractivity contribution in [2.75, 3.05) is 30.9 Å². The minimum atomic E-state index is -3.72. The quantitative estimate of drug-likeness (QED) is 0.624. The minimum absolute atomic E-state index is 0.0820. The van der Waals surface area contributed by atoms with Crippen molar-refractivity contribution in [3.8, 4) is 0 Å². The summed E-state index contributed by atoms with van der Waals surface area (Å²) in [5.41, 5.74) is 3.19. The van der Waals surface area contributed by atoms with Crippen LogP contribution in [0.15, 0.2) is 78.0 Å². The van der Waals surface area contributed by atoms with E-state index in [0.717, 1.165) is 30.8 Å². The number of rotatable bonds is 6. The summed E-state index contributed by atoms with van der Waals surface area (Å²) in [5, 5.41) is 0. The molecule has 0 bridgehead atoms. The molecule has 2 heterocycles. The zero-order valence-corrected chi connectivity index (χ0v) is 18.8.